The maximum atomic E-state index is 7.50. The third kappa shape index (κ3) is 5.08. The van der Waals surface area contributed by atoms with Crippen molar-refractivity contribution in [2.24, 2.45) is 5.73 Å². The van der Waals surface area contributed by atoms with Crippen molar-refractivity contribution < 1.29 is 4.74 Å². The summed E-state index contributed by atoms with van der Waals surface area (Å²) >= 11 is 3.40. The van der Waals surface area contributed by atoms with E-state index >= 15 is 0 Å². The number of halogens is 1. The summed E-state index contributed by atoms with van der Waals surface area (Å²) in [7, 11) is 0. The molecule has 4 heteroatoms. The number of nitrogens with one attached hydrogen (secondary N) is 1. The Bertz CT molecular complexity index is 393. The van der Waals surface area contributed by atoms with Crippen LogP contribution in [-0.2, 0) is 0 Å². The van der Waals surface area contributed by atoms with Crippen LogP contribution < -0.4 is 10.5 Å². The molecule has 0 saturated heterocycles. The van der Waals surface area contributed by atoms with E-state index in [1.807, 2.05) is 12.1 Å². The van der Waals surface area contributed by atoms with E-state index in [1.165, 1.54) is 25.7 Å². The lowest BCUT2D eigenvalue weighted by Crippen LogP contribution is -2.13. The number of nitrogens with two attached hydrogens (primary N) is 1. The second-order valence-electron chi connectivity index (χ2n) is 4.32. The summed E-state index contributed by atoms with van der Waals surface area (Å²) in [6.45, 7) is 2.89. The maximum absolute atomic E-state index is 7.50. The van der Waals surface area contributed by atoms with E-state index in [0.717, 1.165) is 10.9 Å². The fourth-order valence-electron chi connectivity index (χ4n) is 1.73. The quantitative estimate of drug-likeness (QED) is 0.431. The monoisotopic (exact) mass is 312 g/mol. The van der Waals surface area contributed by atoms with E-state index in [4.69, 9.17) is 15.9 Å². The third-order valence-electron chi connectivity index (χ3n) is 2.74. The van der Waals surface area contributed by atoms with Crippen molar-refractivity contribution in [3.63, 3.8) is 0 Å². The van der Waals surface area contributed by atoms with Crippen molar-refractivity contribution >= 4 is 21.8 Å². The zero-order valence-electron chi connectivity index (χ0n) is 10.8. The van der Waals surface area contributed by atoms with Gasteiger partial charge in [0.25, 0.3) is 0 Å². The molecule has 0 heterocycles. The first-order chi connectivity index (χ1) is 8.65. The van der Waals surface area contributed by atoms with E-state index in [1.54, 1.807) is 6.07 Å². The van der Waals surface area contributed by atoms with Crippen LogP contribution in [0.1, 0.15) is 44.6 Å². The van der Waals surface area contributed by atoms with Crippen molar-refractivity contribution in [3.8, 4) is 5.75 Å². The fraction of sp³-hybridized carbons (Fsp3) is 0.500. The Balaban J connectivity index is 2.45. The van der Waals surface area contributed by atoms with Crippen molar-refractivity contribution in [3.05, 3.63) is 28.2 Å². The first-order valence-electron chi connectivity index (χ1n) is 6.42. The van der Waals surface area contributed by atoms with E-state index in [2.05, 4.69) is 22.9 Å². The van der Waals surface area contributed by atoms with Crippen LogP contribution in [0.5, 0.6) is 5.75 Å². The van der Waals surface area contributed by atoms with E-state index in [9.17, 15) is 0 Å². The Hall–Kier alpha value is -1.03. The van der Waals surface area contributed by atoms with Crippen LogP contribution in [0.25, 0.3) is 0 Å². The van der Waals surface area contributed by atoms with Crippen molar-refractivity contribution in [1.82, 2.24) is 0 Å². The molecule has 0 atom stereocenters. The summed E-state index contributed by atoms with van der Waals surface area (Å²) in [5.74, 6) is 0.732. The number of rotatable bonds is 8. The summed E-state index contributed by atoms with van der Waals surface area (Å²) in [4.78, 5) is 0. The van der Waals surface area contributed by atoms with Crippen molar-refractivity contribution in [1.29, 1.82) is 5.41 Å². The molecule has 0 spiro atoms. The molecule has 0 saturated carbocycles. The van der Waals surface area contributed by atoms with Gasteiger partial charge < -0.3 is 10.5 Å². The lowest BCUT2D eigenvalue weighted by Gasteiger charge is -2.11. The minimum atomic E-state index is 0.0449. The molecule has 3 nitrogen and oxygen atoms in total. The van der Waals surface area contributed by atoms with Gasteiger partial charge in [-0.05, 0) is 24.6 Å². The number of hydrogen-bond acceptors (Lipinski definition) is 2. The normalized spacial score (nSPS) is 10.3. The summed E-state index contributed by atoms with van der Waals surface area (Å²) < 4.78 is 6.65. The topological polar surface area (TPSA) is 59.1 Å². The first-order valence-corrected chi connectivity index (χ1v) is 7.21. The lowest BCUT2D eigenvalue weighted by atomic mass is 10.1. The molecular weight excluding hydrogens is 292 g/mol. The van der Waals surface area contributed by atoms with Crippen molar-refractivity contribution in [2.45, 2.75) is 39.0 Å². The van der Waals surface area contributed by atoms with Gasteiger partial charge in [-0.25, -0.2) is 0 Å². The van der Waals surface area contributed by atoms with Crippen LogP contribution in [0.2, 0.25) is 0 Å². The number of unbranched alkanes of at least 4 members (excludes halogenated alkanes) is 4. The molecule has 0 aliphatic rings. The van der Waals surface area contributed by atoms with Crippen molar-refractivity contribution in [2.75, 3.05) is 6.61 Å². The number of amidine groups is 1. The molecule has 0 radical (unpaired) electrons. The summed E-state index contributed by atoms with van der Waals surface area (Å²) in [6, 6.07) is 5.53. The van der Waals surface area contributed by atoms with Crippen LogP contribution in [0.15, 0.2) is 22.7 Å². The molecule has 100 valence electrons. The molecule has 3 N–H and O–H groups in total. The highest BCUT2D eigenvalue weighted by Crippen LogP contribution is 2.23. The first kappa shape index (κ1) is 15.0. The molecule has 18 heavy (non-hydrogen) atoms. The highest BCUT2D eigenvalue weighted by Gasteiger charge is 2.07. The molecule has 0 fully saturated rings. The Kier molecular flexibility index (Phi) is 6.80. The molecule has 0 unspecified atom stereocenters. The second kappa shape index (κ2) is 8.14. The largest absolute Gasteiger partial charge is 0.493 e. The van der Waals surface area contributed by atoms with Gasteiger partial charge in [0.05, 0.1) is 12.2 Å². The highest BCUT2D eigenvalue weighted by molar-refractivity contribution is 9.10. The smallest absolute Gasteiger partial charge is 0.131 e. The summed E-state index contributed by atoms with van der Waals surface area (Å²) in [5, 5.41) is 7.50. The maximum Gasteiger partial charge on any atom is 0.131 e. The number of nitrogen functional groups attached to an aromatic ring is 1. The minimum Gasteiger partial charge on any atom is -0.493 e. The van der Waals surface area contributed by atoms with Gasteiger partial charge in [0.2, 0.25) is 0 Å². The van der Waals surface area contributed by atoms with Gasteiger partial charge in [-0.3, -0.25) is 5.41 Å². The van der Waals surface area contributed by atoms with E-state index in [-0.39, 0.29) is 5.84 Å². The zero-order valence-corrected chi connectivity index (χ0v) is 12.4. The van der Waals surface area contributed by atoms with Gasteiger partial charge in [-0.2, -0.15) is 0 Å². The van der Waals surface area contributed by atoms with Crippen LogP contribution in [0.4, 0.5) is 0 Å². The predicted octanol–water partition coefficient (Wildman–Crippen LogP) is 4.08. The minimum absolute atomic E-state index is 0.0449. The molecule has 1 aromatic carbocycles. The average molecular weight is 313 g/mol. The molecule has 0 bridgehead atoms. The zero-order chi connectivity index (χ0) is 13.4. The molecule has 1 aromatic rings. The third-order valence-corrected chi connectivity index (χ3v) is 3.23. The van der Waals surface area contributed by atoms with Crippen LogP contribution in [-0.4, -0.2) is 12.4 Å². The van der Waals surface area contributed by atoms with Gasteiger partial charge in [0, 0.05) is 4.47 Å². The van der Waals surface area contributed by atoms with Gasteiger partial charge >= 0.3 is 0 Å². The molecule has 0 amide bonds. The van der Waals surface area contributed by atoms with Gasteiger partial charge in [-0.15, -0.1) is 0 Å². The Morgan fingerprint density at radius 3 is 2.67 bits per heavy atom. The van der Waals surface area contributed by atoms with Gasteiger partial charge in [-0.1, -0.05) is 48.5 Å². The average Bonchev–Trinajstić information content (AvgIpc) is 2.33. The SMILES string of the molecule is CCCCCCCOc1cc(Br)ccc1C(=N)N. The molecular formula is C14H21BrN2O. The Labute approximate surface area is 117 Å². The molecule has 0 aliphatic heterocycles. The molecule has 0 aliphatic carbocycles. The lowest BCUT2D eigenvalue weighted by molar-refractivity contribution is 0.304. The summed E-state index contributed by atoms with van der Waals surface area (Å²) in [6.07, 6.45) is 6.04. The standard InChI is InChI=1S/C14H21BrN2O/c1-2-3-4-5-6-9-18-13-10-11(15)7-8-12(13)14(16)17/h7-8,10H,2-6,9H2,1H3,(H3,16,17). The molecule has 0 aromatic heterocycles. The number of benzene rings is 1. The fourth-order valence-corrected chi connectivity index (χ4v) is 2.07. The summed E-state index contributed by atoms with van der Waals surface area (Å²) in [5.41, 5.74) is 6.18. The molecule has 1 rings (SSSR count). The van der Waals surface area contributed by atoms with E-state index in [0.29, 0.717) is 17.9 Å². The van der Waals surface area contributed by atoms with Gasteiger partial charge in [0.15, 0.2) is 0 Å². The number of hydrogen-bond donors (Lipinski definition) is 2. The van der Waals surface area contributed by atoms with Crippen LogP contribution in [0, 0.1) is 5.41 Å². The van der Waals surface area contributed by atoms with Crippen LogP contribution >= 0.6 is 15.9 Å². The second-order valence-corrected chi connectivity index (χ2v) is 5.23. The van der Waals surface area contributed by atoms with Gasteiger partial charge in [0.1, 0.15) is 11.6 Å². The Morgan fingerprint density at radius 1 is 1.28 bits per heavy atom. The Morgan fingerprint density at radius 2 is 2.00 bits per heavy atom. The highest BCUT2D eigenvalue weighted by atomic mass is 79.9. The van der Waals surface area contributed by atoms with E-state index < -0.39 is 0 Å². The number of ether oxygens (including phenoxy) is 1. The predicted molar refractivity (Wildman–Crippen MR) is 79.4 cm³/mol. The van der Waals surface area contributed by atoms with Crippen LogP contribution in [0.3, 0.4) is 0 Å².